The smallest absolute Gasteiger partial charge is 0.254 e. The molecular formula is C18H15FN2O. The Morgan fingerprint density at radius 3 is 2.45 bits per heavy atom. The van der Waals surface area contributed by atoms with E-state index in [0.29, 0.717) is 16.7 Å². The lowest BCUT2D eigenvalue weighted by atomic mass is 10.1. The van der Waals surface area contributed by atoms with E-state index in [1.165, 1.54) is 6.07 Å². The van der Waals surface area contributed by atoms with Gasteiger partial charge >= 0.3 is 0 Å². The molecule has 0 unspecified atom stereocenters. The van der Waals surface area contributed by atoms with Crippen LogP contribution in [0.2, 0.25) is 0 Å². The highest BCUT2D eigenvalue weighted by Crippen LogP contribution is 2.30. The Hall–Kier alpha value is -2.67. The van der Waals surface area contributed by atoms with Crippen LogP contribution in [-0.4, -0.2) is 16.8 Å². The van der Waals surface area contributed by atoms with E-state index in [9.17, 15) is 9.18 Å². The summed E-state index contributed by atoms with van der Waals surface area (Å²) in [4.78, 5) is 14.4. The molecule has 0 N–H and O–H groups in total. The predicted molar refractivity (Wildman–Crippen MR) is 80.5 cm³/mol. The highest BCUT2D eigenvalue weighted by molar-refractivity contribution is 5.94. The van der Waals surface area contributed by atoms with E-state index in [1.807, 2.05) is 6.07 Å². The first-order valence-electron chi connectivity index (χ1n) is 7.23. The van der Waals surface area contributed by atoms with Crippen LogP contribution in [0, 0.1) is 17.1 Å². The molecule has 1 aliphatic carbocycles. The molecule has 0 heterocycles. The van der Waals surface area contributed by atoms with Crippen LogP contribution in [0.25, 0.3) is 0 Å². The van der Waals surface area contributed by atoms with Crippen molar-refractivity contribution in [3.63, 3.8) is 0 Å². The van der Waals surface area contributed by atoms with Gasteiger partial charge in [0.2, 0.25) is 0 Å². The highest BCUT2D eigenvalue weighted by atomic mass is 19.1. The van der Waals surface area contributed by atoms with Crippen molar-refractivity contribution in [1.29, 1.82) is 5.26 Å². The minimum Gasteiger partial charge on any atom is -0.331 e. The van der Waals surface area contributed by atoms with Gasteiger partial charge in [-0.3, -0.25) is 4.79 Å². The van der Waals surface area contributed by atoms with E-state index in [0.717, 1.165) is 12.8 Å². The summed E-state index contributed by atoms with van der Waals surface area (Å²) in [5.41, 5.74) is 1.57. The van der Waals surface area contributed by atoms with Gasteiger partial charge < -0.3 is 4.90 Å². The maximum atomic E-state index is 13.8. The standard InChI is InChI=1S/C18H15FN2O/c19-17-4-2-1-3-15(17)12-21(16-9-10-16)18(22)14-7-5-13(11-20)6-8-14/h1-8,16H,9-10,12H2. The zero-order chi connectivity index (χ0) is 15.5. The lowest BCUT2D eigenvalue weighted by Gasteiger charge is -2.23. The van der Waals surface area contributed by atoms with Crippen LogP contribution >= 0.6 is 0 Å². The van der Waals surface area contributed by atoms with Gasteiger partial charge in [0, 0.05) is 23.7 Å². The van der Waals surface area contributed by atoms with E-state index in [4.69, 9.17) is 5.26 Å². The Labute approximate surface area is 128 Å². The van der Waals surface area contributed by atoms with Crippen LogP contribution in [-0.2, 0) is 6.54 Å². The molecule has 1 amide bonds. The Kier molecular flexibility index (Phi) is 3.88. The van der Waals surface area contributed by atoms with Gasteiger partial charge in [0.15, 0.2) is 0 Å². The van der Waals surface area contributed by atoms with Crippen molar-refractivity contribution in [2.75, 3.05) is 0 Å². The van der Waals surface area contributed by atoms with Crippen molar-refractivity contribution < 1.29 is 9.18 Å². The first kappa shape index (κ1) is 14.3. The molecule has 0 aromatic heterocycles. The number of halogens is 1. The van der Waals surface area contributed by atoms with Crippen LogP contribution < -0.4 is 0 Å². The van der Waals surface area contributed by atoms with E-state index in [2.05, 4.69) is 0 Å². The molecule has 1 aliphatic rings. The van der Waals surface area contributed by atoms with Gasteiger partial charge in [-0.2, -0.15) is 5.26 Å². The summed E-state index contributed by atoms with van der Waals surface area (Å²) in [7, 11) is 0. The van der Waals surface area contributed by atoms with Gasteiger partial charge in [-0.1, -0.05) is 18.2 Å². The second-order valence-corrected chi connectivity index (χ2v) is 5.44. The number of benzene rings is 2. The molecule has 3 rings (SSSR count). The van der Waals surface area contributed by atoms with Crippen molar-refractivity contribution in [3.05, 3.63) is 71.0 Å². The molecule has 0 spiro atoms. The molecular weight excluding hydrogens is 279 g/mol. The van der Waals surface area contributed by atoms with Crippen molar-refractivity contribution in [2.45, 2.75) is 25.4 Å². The van der Waals surface area contributed by atoms with Crippen molar-refractivity contribution in [3.8, 4) is 6.07 Å². The lowest BCUT2D eigenvalue weighted by Crippen LogP contribution is -2.32. The first-order chi connectivity index (χ1) is 10.7. The Balaban J connectivity index is 1.83. The van der Waals surface area contributed by atoms with E-state index < -0.39 is 0 Å². The van der Waals surface area contributed by atoms with Gasteiger partial charge in [0.1, 0.15) is 5.82 Å². The second kappa shape index (κ2) is 5.98. The molecule has 0 bridgehead atoms. The van der Waals surface area contributed by atoms with E-state index in [-0.39, 0.29) is 24.3 Å². The van der Waals surface area contributed by atoms with Gasteiger partial charge in [-0.15, -0.1) is 0 Å². The van der Waals surface area contributed by atoms with Crippen LogP contribution in [0.1, 0.15) is 34.3 Å². The fourth-order valence-electron chi connectivity index (χ4n) is 2.42. The van der Waals surface area contributed by atoms with Gasteiger partial charge in [0.25, 0.3) is 5.91 Å². The summed E-state index contributed by atoms with van der Waals surface area (Å²) in [6, 6.07) is 15.3. The Morgan fingerprint density at radius 2 is 1.86 bits per heavy atom. The molecule has 0 atom stereocenters. The average Bonchev–Trinajstić information content (AvgIpc) is 3.38. The summed E-state index contributed by atoms with van der Waals surface area (Å²) in [5.74, 6) is -0.406. The summed E-state index contributed by atoms with van der Waals surface area (Å²) in [6.07, 6.45) is 1.91. The number of hydrogen-bond donors (Lipinski definition) is 0. The third-order valence-corrected chi connectivity index (χ3v) is 3.81. The average molecular weight is 294 g/mol. The van der Waals surface area contributed by atoms with Crippen LogP contribution in [0.4, 0.5) is 4.39 Å². The molecule has 1 saturated carbocycles. The molecule has 0 aliphatic heterocycles. The molecule has 2 aromatic carbocycles. The molecule has 0 radical (unpaired) electrons. The third-order valence-electron chi connectivity index (χ3n) is 3.81. The van der Waals surface area contributed by atoms with Crippen molar-refractivity contribution in [2.24, 2.45) is 0 Å². The summed E-state index contributed by atoms with van der Waals surface area (Å²) < 4.78 is 13.8. The second-order valence-electron chi connectivity index (χ2n) is 5.44. The molecule has 2 aromatic rings. The number of rotatable bonds is 4. The largest absolute Gasteiger partial charge is 0.331 e. The Morgan fingerprint density at radius 1 is 1.18 bits per heavy atom. The summed E-state index contributed by atoms with van der Waals surface area (Å²) >= 11 is 0. The minimum atomic E-state index is -0.291. The number of hydrogen-bond acceptors (Lipinski definition) is 2. The maximum absolute atomic E-state index is 13.8. The fourth-order valence-corrected chi connectivity index (χ4v) is 2.42. The summed E-state index contributed by atoms with van der Waals surface area (Å²) in [6.45, 7) is 0.274. The molecule has 22 heavy (non-hydrogen) atoms. The van der Waals surface area contributed by atoms with Crippen molar-refractivity contribution >= 4 is 5.91 Å². The van der Waals surface area contributed by atoms with Crippen LogP contribution in [0.15, 0.2) is 48.5 Å². The predicted octanol–water partition coefficient (Wildman–Crippen LogP) is 3.50. The molecule has 4 heteroatoms. The monoisotopic (exact) mass is 294 g/mol. The topological polar surface area (TPSA) is 44.1 Å². The van der Waals surface area contributed by atoms with Crippen LogP contribution in [0.3, 0.4) is 0 Å². The minimum absolute atomic E-state index is 0.116. The van der Waals surface area contributed by atoms with Gasteiger partial charge in [-0.05, 0) is 43.2 Å². The number of nitrogens with zero attached hydrogens (tertiary/aromatic N) is 2. The zero-order valence-corrected chi connectivity index (χ0v) is 12.0. The molecule has 0 saturated heterocycles. The van der Waals surface area contributed by atoms with E-state index >= 15 is 0 Å². The van der Waals surface area contributed by atoms with Gasteiger partial charge in [0.05, 0.1) is 11.6 Å². The molecule has 110 valence electrons. The fraction of sp³-hybridized carbons (Fsp3) is 0.222. The molecule has 1 fully saturated rings. The van der Waals surface area contributed by atoms with E-state index in [1.54, 1.807) is 47.4 Å². The lowest BCUT2D eigenvalue weighted by molar-refractivity contribution is 0.0728. The zero-order valence-electron chi connectivity index (χ0n) is 12.0. The van der Waals surface area contributed by atoms with Gasteiger partial charge in [-0.25, -0.2) is 4.39 Å². The number of nitriles is 1. The molecule has 3 nitrogen and oxygen atoms in total. The normalized spacial score (nSPS) is 13.5. The Bertz CT molecular complexity index is 729. The quantitative estimate of drug-likeness (QED) is 0.866. The third kappa shape index (κ3) is 2.99. The number of carbonyl (C=O) groups is 1. The number of carbonyl (C=O) groups excluding carboxylic acids is 1. The van der Waals surface area contributed by atoms with Crippen molar-refractivity contribution in [1.82, 2.24) is 4.90 Å². The first-order valence-corrected chi connectivity index (χ1v) is 7.23. The maximum Gasteiger partial charge on any atom is 0.254 e. The van der Waals surface area contributed by atoms with Crippen LogP contribution in [0.5, 0.6) is 0 Å². The summed E-state index contributed by atoms with van der Waals surface area (Å²) in [5, 5.41) is 8.81. The number of amides is 1. The highest BCUT2D eigenvalue weighted by Gasteiger charge is 2.33. The SMILES string of the molecule is N#Cc1ccc(C(=O)N(Cc2ccccc2F)C2CC2)cc1.